The van der Waals surface area contributed by atoms with E-state index in [0.29, 0.717) is 44.6 Å². The van der Waals surface area contributed by atoms with Gasteiger partial charge in [-0.2, -0.15) is 15.2 Å². The largest absolute Gasteiger partial charge is 0.474 e. The lowest BCUT2D eigenvalue weighted by Gasteiger charge is -2.31. The Bertz CT molecular complexity index is 2220. The fraction of sp³-hybridized carbons (Fsp3) is 0.486. The van der Waals surface area contributed by atoms with E-state index in [4.69, 9.17) is 26.8 Å². The predicted octanol–water partition coefficient (Wildman–Crippen LogP) is 6.89. The molecule has 5 heterocycles. The molecule has 15 heteroatoms. The number of ether oxygens (including phenoxy) is 2. The number of fused-ring (bicyclic) bond motifs is 3. The molecule has 0 spiro atoms. The molecule has 2 aliphatic carbocycles. The molecule has 0 bridgehead atoms. The van der Waals surface area contributed by atoms with Crippen LogP contribution in [0, 0.1) is 28.9 Å². The van der Waals surface area contributed by atoms with Crippen LogP contribution in [-0.2, 0) is 4.79 Å². The van der Waals surface area contributed by atoms with Crippen molar-refractivity contribution in [1.29, 1.82) is 5.26 Å². The van der Waals surface area contributed by atoms with E-state index in [1.165, 1.54) is 18.2 Å². The van der Waals surface area contributed by atoms with Crippen LogP contribution in [0.25, 0.3) is 32.1 Å². The minimum Gasteiger partial charge on any atom is -0.474 e. The first kappa shape index (κ1) is 33.6. The maximum absolute atomic E-state index is 17.0. The van der Waals surface area contributed by atoms with Crippen molar-refractivity contribution in [2.24, 2.45) is 10.9 Å². The first-order valence-corrected chi connectivity index (χ1v) is 19.0. The van der Waals surface area contributed by atoms with Gasteiger partial charge in [-0.1, -0.05) is 17.7 Å². The van der Waals surface area contributed by atoms with Crippen LogP contribution in [0.15, 0.2) is 23.2 Å². The van der Waals surface area contributed by atoms with Gasteiger partial charge in [0, 0.05) is 30.0 Å². The third-order valence-corrected chi connectivity index (χ3v) is 12.6. The Morgan fingerprint density at radius 3 is 2.77 bits per heavy atom. The molecule has 4 aromatic rings. The van der Waals surface area contributed by atoms with E-state index < -0.39 is 23.3 Å². The minimum atomic E-state index is -0.962. The molecule has 2 aromatic heterocycles. The highest BCUT2D eigenvalue weighted by Crippen LogP contribution is 2.46. The lowest BCUT2D eigenvalue weighted by Crippen LogP contribution is -2.43. The molecule has 5 aliphatic rings. The summed E-state index contributed by atoms with van der Waals surface area (Å²) in [6.07, 6.45) is 5.58. The van der Waals surface area contributed by atoms with Crippen molar-refractivity contribution < 1.29 is 27.4 Å². The summed E-state index contributed by atoms with van der Waals surface area (Å²) in [7, 11) is 0. The summed E-state index contributed by atoms with van der Waals surface area (Å²) in [5.41, 5.74) is 6.61. The molecule has 4 fully saturated rings. The maximum Gasteiger partial charge on any atom is 0.320 e. The van der Waals surface area contributed by atoms with E-state index in [-0.39, 0.29) is 90.3 Å². The van der Waals surface area contributed by atoms with Gasteiger partial charge >= 0.3 is 6.01 Å². The van der Waals surface area contributed by atoms with Gasteiger partial charge in [-0.3, -0.25) is 14.7 Å². The predicted molar refractivity (Wildman–Crippen MR) is 192 cm³/mol. The summed E-state index contributed by atoms with van der Waals surface area (Å²) in [6.45, 7) is 1.24. The number of thiophene rings is 1. The average Bonchev–Trinajstić information content (AvgIpc) is 4.02. The molecule has 2 saturated carbocycles. The van der Waals surface area contributed by atoms with Gasteiger partial charge in [0.25, 0.3) is 5.91 Å². The molecular weight excluding hydrogens is 715 g/mol. The second-order valence-corrected chi connectivity index (χ2v) is 16.2. The lowest BCUT2D eigenvalue weighted by molar-refractivity contribution is -0.121. The number of aromatic nitrogens is 2. The summed E-state index contributed by atoms with van der Waals surface area (Å²) >= 11 is 7.72. The molecule has 2 aromatic carbocycles. The van der Waals surface area contributed by atoms with Crippen molar-refractivity contribution in [3.63, 3.8) is 0 Å². The zero-order valence-corrected chi connectivity index (χ0v) is 29.6. The van der Waals surface area contributed by atoms with Crippen LogP contribution in [0.1, 0.15) is 63.4 Å². The van der Waals surface area contributed by atoms with Crippen molar-refractivity contribution in [2.45, 2.75) is 87.7 Å². The Morgan fingerprint density at radius 1 is 1.19 bits per heavy atom. The highest BCUT2D eigenvalue weighted by molar-refractivity contribution is 7.23. The van der Waals surface area contributed by atoms with Gasteiger partial charge < -0.3 is 20.5 Å². The fourth-order valence-corrected chi connectivity index (χ4v) is 9.73. The van der Waals surface area contributed by atoms with Crippen molar-refractivity contribution >= 4 is 60.5 Å². The Morgan fingerprint density at radius 2 is 2.00 bits per heavy atom. The van der Waals surface area contributed by atoms with Gasteiger partial charge in [0.1, 0.15) is 41.3 Å². The quantitative estimate of drug-likeness (QED) is 0.189. The number of carbonyl (C=O) groups is 1. The molecule has 3 N–H and O–H groups in total. The second-order valence-electron chi connectivity index (χ2n) is 14.7. The molecule has 2 saturated heterocycles. The number of alkyl halides is 1. The van der Waals surface area contributed by atoms with Crippen molar-refractivity contribution in [2.75, 3.05) is 25.4 Å². The first-order chi connectivity index (χ1) is 25.1. The van der Waals surface area contributed by atoms with Crippen LogP contribution >= 0.6 is 22.9 Å². The second kappa shape index (κ2) is 12.7. The number of rotatable bonds is 9. The normalized spacial score (nSPS) is 27.0. The zero-order valence-electron chi connectivity index (χ0n) is 28.1. The van der Waals surface area contributed by atoms with Crippen LogP contribution in [-0.4, -0.2) is 76.1 Å². The smallest absolute Gasteiger partial charge is 0.320 e. The van der Waals surface area contributed by atoms with Crippen molar-refractivity contribution in [3.8, 4) is 29.1 Å². The lowest BCUT2D eigenvalue weighted by atomic mass is 9.92. The summed E-state index contributed by atoms with van der Waals surface area (Å²) in [6, 6.07) is 5.65. The minimum absolute atomic E-state index is 0.00423. The number of nitriles is 1. The first-order valence-electron chi connectivity index (χ1n) is 17.8. The van der Waals surface area contributed by atoms with Crippen LogP contribution < -0.4 is 20.5 Å². The van der Waals surface area contributed by atoms with E-state index in [1.807, 2.05) is 6.07 Å². The number of aliphatic imine (C=N–C) groups is 1. The van der Waals surface area contributed by atoms with Gasteiger partial charge in [-0.25, -0.2) is 13.2 Å². The van der Waals surface area contributed by atoms with Crippen LogP contribution in [0.2, 0.25) is 5.02 Å². The molecule has 52 heavy (non-hydrogen) atoms. The number of carbonyl (C=O) groups excluding carboxylic acids is 1. The molecule has 3 atom stereocenters. The van der Waals surface area contributed by atoms with Crippen molar-refractivity contribution in [3.05, 3.63) is 40.4 Å². The number of halogens is 4. The van der Waals surface area contributed by atoms with Gasteiger partial charge in [0.2, 0.25) is 5.88 Å². The number of hydrogen-bond donors (Lipinski definition) is 2. The Hall–Kier alpha value is -4.19. The summed E-state index contributed by atoms with van der Waals surface area (Å²) in [4.78, 5) is 28.3. The molecule has 3 aliphatic heterocycles. The van der Waals surface area contributed by atoms with E-state index in [9.17, 15) is 18.8 Å². The number of hydrogen-bond acceptors (Lipinski definition) is 10. The number of nitrogens with one attached hydrogen (secondary N) is 1. The maximum atomic E-state index is 17.0. The number of nitrogens with zero attached hydrogens (tertiary/aromatic N) is 5. The SMILES string of the molecule is N#Cc1c(N)sc2c(F)ccc(-c3c(Cl)cc4c(O[C@H]5CC[C@H](NC(=O)[C@@H]6N=C6C6CC6)CC5)nc(OC[C@@]56CCCN5C[C@H](F)C6)nc4c3F)c12. The van der Waals surface area contributed by atoms with E-state index >= 15 is 4.39 Å². The van der Waals surface area contributed by atoms with Gasteiger partial charge in [0.15, 0.2) is 11.9 Å². The number of anilines is 1. The fourth-order valence-electron chi connectivity index (χ4n) is 8.48. The summed E-state index contributed by atoms with van der Waals surface area (Å²) < 4.78 is 59.2. The van der Waals surface area contributed by atoms with E-state index in [2.05, 4.69) is 25.2 Å². The van der Waals surface area contributed by atoms with Crippen LogP contribution in [0.4, 0.5) is 18.2 Å². The number of nitrogen functional groups attached to an aromatic ring is 1. The average molecular weight is 750 g/mol. The van der Waals surface area contributed by atoms with E-state index in [1.54, 1.807) is 0 Å². The van der Waals surface area contributed by atoms with E-state index in [0.717, 1.165) is 49.3 Å². The monoisotopic (exact) mass is 749 g/mol. The van der Waals surface area contributed by atoms with Gasteiger partial charge in [-0.15, -0.1) is 11.3 Å². The molecule has 1 amide bonds. The molecular formula is C37H35ClF3N7O3S. The van der Waals surface area contributed by atoms with Gasteiger partial charge in [-0.05, 0) is 81.5 Å². The van der Waals surface area contributed by atoms with Crippen LogP contribution in [0.3, 0.4) is 0 Å². The highest BCUT2D eigenvalue weighted by Gasteiger charge is 2.49. The molecule has 0 radical (unpaired) electrons. The third kappa shape index (κ3) is 5.81. The van der Waals surface area contributed by atoms with Crippen molar-refractivity contribution in [1.82, 2.24) is 20.2 Å². The van der Waals surface area contributed by atoms with Crippen LogP contribution in [0.5, 0.6) is 11.9 Å². The van der Waals surface area contributed by atoms with Gasteiger partial charge in [0.05, 0.1) is 31.9 Å². The number of amides is 1. The Balaban J connectivity index is 1.04. The topological polar surface area (TPSA) is 139 Å². The molecule has 10 nitrogen and oxygen atoms in total. The molecule has 270 valence electrons. The molecule has 9 rings (SSSR count). The number of nitrogens with two attached hydrogens (primary N) is 1. The Labute approximate surface area is 306 Å². The zero-order chi connectivity index (χ0) is 35.9. The summed E-state index contributed by atoms with van der Waals surface area (Å²) in [5.74, 6) is -0.891. The highest BCUT2D eigenvalue weighted by atomic mass is 35.5. The molecule has 0 unspecified atom stereocenters. The standard InChI is InChI=1S/C37H35ClF3N7O3S/c38-24-12-22-30(28(41)27(24)21-8-9-25(40)32-26(21)23(14-42)33(43)52-32)46-36(50-16-37-10-1-11-48(37)15-18(39)13-37)47-35(22)51-20-6-4-19(5-7-20)44-34(49)31-29(45-31)17-2-3-17/h8-9,12,17-20,31H,1-7,10-11,13,15-16,43H2,(H,44,49)/t18-,19-,20-,31-,37+/m1/s1. The third-order valence-electron chi connectivity index (χ3n) is 11.3. The Kier molecular flexibility index (Phi) is 8.24. The summed E-state index contributed by atoms with van der Waals surface area (Å²) in [5, 5.41) is 13.5. The number of benzene rings is 2.